The van der Waals surface area contributed by atoms with Gasteiger partial charge in [-0.05, 0) is 25.3 Å². The molecule has 2 rings (SSSR count). The van der Waals surface area contributed by atoms with Crippen molar-refractivity contribution in [3.8, 4) is 0 Å². The highest BCUT2D eigenvalue weighted by atomic mass is 16.2. The molecule has 4 amide bonds. The minimum absolute atomic E-state index is 0.222. The zero-order chi connectivity index (χ0) is 15.2. The van der Waals surface area contributed by atoms with Gasteiger partial charge in [0, 0.05) is 6.54 Å². The Balaban J connectivity index is 1.90. The molecule has 1 aliphatic heterocycles. The Morgan fingerprint density at radius 1 is 1.29 bits per heavy atom. The van der Waals surface area contributed by atoms with E-state index in [1.54, 1.807) is 6.92 Å². The normalized spacial score (nSPS) is 17.8. The Hall–Kier alpha value is -2.37. The van der Waals surface area contributed by atoms with Gasteiger partial charge in [-0.1, -0.05) is 30.3 Å². The SMILES string of the molecule is CCNC(=O)CN1C(=O)N[C@H](CCc2ccccc2)C1=O. The summed E-state index contributed by atoms with van der Waals surface area (Å²) in [4.78, 5) is 36.4. The van der Waals surface area contributed by atoms with E-state index in [1.807, 2.05) is 30.3 Å². The molecular formula is C15H19N3O3. The van der Waals surface area contributed by atoms with Crippen LogP contribution in [0.15, 0.2) is 30.3 Å². The van der Waals surface area contributed by atoms with E-state index in [2.05, 4.69) is 10.6 Å². The van der Waals surface area contributed by atoms with Crippen LogP contribution in [0.25, 0.3) is 0 Å². The third-order valence-corrected chi connectivity index (χ3v) is 3.35. The third kappa shape index (κ3) is 3.81. The lowest BCUT2D eigenvalue weighted by Crippen LogP contribution is -2.41. The van der Waals surface area contributed by atoms with Crippen LogP contribution >= 0.6 is 0 Å². The van der Waals surface area contributed by atoms with E-state index < -0.39 is 12.1 Å². The van der Waals surface area contributed by atoms with Gasteiger partial charge in [-0.3, -0.25) is 14.5 Å². The van der Waals surface area contributed by atoms with Crippen LogP contribution in [0.1, 0.15) is 18.9 Å². The van der Waals surface area contributed by atoms with Crippen molar-refractivity contribution in [2.45, 2.75) is 25.8 Å². The minimum atomic E-state index is -0.549. The van der Waals surface area contributed by atoms with Crippen LogP contribution in [0.5, 0.6) is 0 Å². The third-order valence-electron chi connectivity index (χ3n) is 3.35. The van der Waals surface area contributed by atoms with Gasteiger partial charge in [-0.25, -0.2) is 4.79 Å². The van der Waals surface area contributed by atoms with Crippen molar-refractivity contribution < 1.29 is 14.4 Å². The molecule has 0 unspecified atom stereocenters. The summed E-state index contributed by atoms with van der Waals surface area (Å²) < 4.78 is 0. The fraction of sp³-hybridized carbons (Fsp3) is 0.400. The predicted molar refractivity (Wildman–Crippen MR) is 77.5 cm³/mol. The van der Waals surface area contributed by atoms with E-state index in [4.69, 9.17) is 0 Å². The van der Waals surface area contributed by atoms with Crippen LogP contribution in [0.4, 0.5) is 4.79 Å². The van der Waals surface area contributed by atoms with E-state index in [0.29, 0.717) is 19.4 Å². The minimum Gasteiger partial charge on any atom is -0.355 e. The molecule has 2 N–H and O–H groups in total. The molecule has 6 nitrogen and oxygen atoms in total. The molecule has 1 aromatic carbocycles. The molecule has 0 radical (unpaired) electrons. The summed E-state index contributed by atoms with van der Waals surface area (Å²) in [6, 6.07) is 8.72. The summed E-state index contributed by atoms with van der Waals surface area (Å²) in [5, 5.41) is 5.20. The number of urea groups is 1. The monoisotopic (exact) mass is 289 g/mol. The first-order valence-corrected chi connectivity index (χ1v) is 7.04. The van der Waals surface area contributed by atoms with Crippen LogP contribution in [0, 0.1) is 0 Å². The summed E-state index contributed by atoms with van der Waals surface area (Å²) in [7, 11) is 0. The van der Waals surface area contributed by atoms with Gasteiger partial charge in [0.05, 0.1) is 0 Å². The number of imide groups is 1. The fourth-order valence-corrected chi connectivity index (χ4v) is 2.27. The summed E-state index contributed by atoms with van der Waals surface area (Å²) in [5.74, 6) is -0.660. The average molecular weight is 289 g/mol. The second-order valence-electron chi connectivity index (χ2n) is 4.90. The first-order chi connectivity index (χ1) is 10.1. The maximum Gasteiger partial charge on any atom is 0.325 e. The van der Waals surface area contributed by atoms with Crippen molar-refractivity contribution in [3.63, 3.8) is 0 Å². The number of carbonyl (C=O) groups is 3. The molecule has 1 atom stereocenters. The Bertz CT molecular complexity index is 530. The lowest BCUT2D eigenvalue weighted by molar-refractivity contribution is -0.132. The highest BCUT2D eigenvalue weighted by Crippen LogP contribution is 2.12. The fourth-order valence-electron chi connectivity index (χ4n) is 2.27. The smallest absolute Gasteiger partial charge is 0.325 e. The van der Waals surface area contributed by atoms with Crippen LogP contribution in [0.3, 0.4) is 0 Å². The zero-order valence-electron chi connectivity index (χ0n) is 12.0. The maximum absolute atomic E-state index is 12.1. The molecule has 0 saturated carbocycles. The second kappa shape index (κ2) is 6.88. The molecule has 21 heavy (non-hydrogen) atoms. The molecule has 0 bridgehead atoms. The number of nitrogens with one attached hydrogen (secondary N) is 2. The van der Waals surface area contributed by atoms with E-state index in [-0.39, 0.29) is 18.4 Å². The van der Waals surface area contributed by atoms with Crippen LogP contribution in [-0.2, 0) is 16.0 Å². The first kappa shape index (κ1) is 15.0. The van der Waals surface area contributed by atoms with Gasteiger partial charge in [-0.15, -0.1) is 0 Å². The lowest BCUT2D eigenvalue weighted by Gasteiger charge is -2.12. The van der Waals surface area contributed by atoms with Crippen molar-refractivity contribution in [2.24, 2.45) is 0 Å². The van der Waals surface area contributed by atoms with Gasteiger partial charge in [-0.2, -0.15) is 0 Å². The molecule has 1 saturated heterocycles. The van der Waals surface area contributed by atoms with Crippen molar-refractivity contribution in [1.29, 1.82) is 0 Å². The molecule has 0 aromatic heterocycles. The molecule has 112 valence electrons. The number of hydrogen-bond donors (Lipinski definition) is 2. The van der Waals surface area contributed by atoms with Crippen molar-refractivity contribution in [2.75, 3.05) is 13.1 Å². The van der Waals surface area contributed by atoms with Crippen molar-refractivity contribution >= 4 is 17.8 Å². The molecule has 1 fully saturated rings. The van der Waals surface area contributed by atoms with Crippen LogP contribution in [0.2, 0.25) is 0 Å². The Kier molecular flexibility index (Phi) is 4.92. The quantitative estimate of drug-likeness (QED) is 0.756. The molecule has 6 heteroatoms. The van der Waals surface area contributed by atoms with Gasteiger partial charge in [0.15, 0.2) is 0 Å². The summed E-state index contributed by atoms with van der Waals surface area (Å²) >= 11 is 0. The van der Waals surface area contributed by atoms with Crippen LogP contribution < -0.4 is 10.6 Å². The van der Waals surface area contributed by atoms with Crippen molar-refractivity contribution in [3.05, 3.63) is 35.9 Å². The van der Waals surface area contributed by atoms with Gasteiger partial charge in [0.25, 0.3) is 5.91 Å². The highest BCUT2D eigenvalue weighted by molar-refractivity contribution is 6.06. The molecule has 1 aromatic rings. The Labute approximate surface area is 123 Å². The standard InChI is InChI=1S/C15H19N3O3/c1-2-16-13(19)10-18-14(20)12(17-15(18)21)9-8-11-6-4-3-5-7-11/h3-7,12H,2,8-10H2,1H3,(H,16,19)(H,17,21)/t12-/m1/s1. The number of likely N-dealkylation sites (N-methyl/N-ethyl adjacent to an activating group) is 1. The zero-order valence-corrected chi connectivity index (χ0v) is 12.0. The van der Waals surface area contributed by atoms with E-state index >= 15 is 0 Å². The molecule has 0 spiro atoms. The summed E-state index contributed by atoms with van der Waals surface area (Å²) in [6.45, 7) is 2.03. The molecular weight excluding hydrogens is 270 g/mol. The average Bonchev–Trinajstić information content (AvgIpc) is 2.74. The van der Waals surface area contributed by atoms with Gasteiger partial charge in [0.2, 0.25) is 5.91 Å². The topological polar surface area (TPSA) is 78.5 Å². The molecule has 1 heterocycles. The maximum atomic E-state index is 12.1. The number of rotatable bonds is 6. The summed E-state index contributed by atoms with van der Waals surface area (Å²) in [6.07, 6.45) is 1.23. The van der Waals surface area contributed by atoms with Gasteiger partial charge >= 0.3 is 6.03 Å². The first-order valence-electron chi connectivity index (χ1n) is 7.04. The molecule has 0 aliphatic carbocycles. The number of nitrogens with zero attached hydrogens (tertiary/aromatic N) is 1. The second-order valence-corrected chi connectivity index (χ2v) is 4.90. The van der Waals surface area contributed by atoms with E-state index in [1.165, 1.54) is 0 Å². The van der Waals surface area contributed by atoms with E-state index in [9.17, 15) is 14.4 Å². The number of aryl methyl sites for hydroxylation is 1. The summed E-state index contributed by atoms with van der Waals surface area (Å²) in [5.41, 5.74) is 1.11. The number of benzene rings is 1. The Morgan fingerprint density at radius 2 is 2.00 bits per heavy atom. The molecule has 1 aliphatic rings. The van der Waals surface area contributed by atoms with Gasteiger partial charge < -0.3 is 10.6 Å². The Morgan fingerprint density at radius 3 is 2.67 bits per heavy atom. The largest absolute Gasteiger partial charge is 0.355 e. The lowest BCUT2D eigenvalue weighted by atomic mass is 10.1. The van der Waals surface area contributed by atoms with E-state index in [0.717, 1.165) is 10.5 Å². The van der Waals surface area contributed by atoms with Crippen molar-refractivity contribution in [1.82, 2.24) is 15.5 Å². The number of hydrogen-bond acceptors (Lipinski definition) is 3. The highest BCUT2D eigenvalue weighted by Gasteiger charge is 2.38. The number of amides is 4. The predicted octanol–water partition coefficient (Wildman–Crippen LogP) is 0.676. The number of carbonyl (C=O) groups excluding carboxylic acids is 3. The van der Waals surface area contributed by atoms with Gasteiger partial charge in [0.1, 0.15) is 12.6 Å². The van der Waals surface area contributed by atoms with Crippen LogP contribution in [-0.4, -0.2) is 41.9 Å².